The number of anilines is 1. The number of ether oxygens (including phenoxy) is 2. The maximum Gasteiger partial charge on any atom is 0.319 e. The van der Waals surface area contributed by atoms with Crippen molar-refractivity contribution in [2.24, 2.45) is 0 Å². The molecule has 0 atom stereocenters. The average molecular weight is 365 g/mol. The zero-order valence-electron chi connectivity index (χ0n) is 15.0. The minimum Gasteiger partial charge on any atom is -0.454 e. The van der Waals surface area contributed by atoms with Crippen LogP contribution >= 0.6 is 0 Å². The van der Waals surface area contributed by atoms with Gasteiger partial charge in [0.05, 0.1) is 6.54 Å². The number of hydrogen-bond donors (Lipinski definition) is 2. The molecule has 2 aromatic rings. The monoisotopic (exact) mass is 365 g/mol. The molecule has 0 aromatic heterocycles. The first-order valence-corrected chi connectivity index (χ1v) is 8.28. The summed E-state index contributed by atoms with van der Waals surface area (Å²) in [6.07, 6.45) is 0. The number of carbonyl (C=O) groups excluding carboxylic acids is 2. The molecule has 27 heavy (non-hydrogen) atoms. The molecule has 1 aliphatic heterocycles. The van der Waals surface area contributed by atoms with Gasteiger partial charge in [0.1, 0.15) is 0 Å². The summed E-state index contributed by atoms with van der Waals surface area (Å²) in [6, 6.07) is 11.8. The van der Waals surface area contributed by atoms with E-state index in [4.69, 9.17) is 9.47 Å². The van der Waals surface area contributed by atoms with Crippen LogP contribution in [-0.2, 0) is 0 Å². The lowest BCUT2D eigenvalue weighted by molar-refractivity contribution is 0.0827. The summed E-state index contributed by atoms with van der Waals surface area (Å²) in [4.78, 5) is 25.2. The minimum absolute atomic E-state index is 0.0589. The topological polar surface area (TPSA) is 79.9 Å². The van der Waals surface area contributed by atoms with Gasteiger partial charge in [-0.05, 0) is 36.4 Å². The van der Waals surface area contributed by atoms with Crippen molar-refractivity contribution in [1.82, 2.24) is 10.2 Å². The molecular weight excluding hydrogens is 346 g/mol. The molecule has 0 saturated heterocycles. The second-order valence-electron chi connectivity index (χ2n) is 5.95. The number of benzene rings is 2. The quantitative estimate of drug-likeness (QED) is 0.818. The SMILES string of the molecule is CN(C)C(=O)c1ccc(C#CCNC(=O)Nc2ccc3c(c2)OCO3)cc1. The van der Waals surface area contributed by atoms with Gasteiger partial charge >= 0.3 is 6.03 Å². The van der Waals surface area contributed by atoms with Gasteiger partial charge in [0, 0.05) is 37.0 Å². The van der Waals surface area contributed by atoms with Gasteiger partial charge in [-0.2, -0.15) is 0 Å². The van der Waals surface area contributed by atoms with Crippen molar-refractivity contribution in [3.05, 3.63) is 53.6 Å². The van der Waals surface area contributed by atoms with Gasteiger partial charge in [-0.1, -0.05) is 11.8 Å². The summed E-state index contributed by atoms with van der Waals surface area (Å²) in [5.74, 6) is 7.01. The summed E-state index contributed by atoms with van der Waals surface area (Å²) in [5, 5.41) is 5.36. The first kappa shape index (κ1) is 18.1. The predicted octanol–water partition coefficient (Wildman–Crippen LogP) is 2.29. The highest BCUT2D eigenvalue weighted by Gasteiger charge is 2.13. The van der Waals surface area contributed by atoms with E-state index in [0.717, 1.165) is 5.56 Å². The van der Waals surface area contributed by atoms with Crippen molar-refractivity contribution in [1.29, 1.82) is 0 Å². The Labute approximate surface area is 157 Å². The molecule has 0 saturated carbocycles. The second-order valence-corrected chi connectivity index (χ2v) is 5.95. The molecule has 3 rings (SSSR count). The smallest absolute Gasteiger partial charge is 0.319 e. The van der Waals surface area contributed by atoms with E-state index in [2.05, 4.69) is 22.5 Å². The highest BCUT2D eigenvalue weighted by atomic mass is 16.7. The Morgan fingerprint density at radius 3 is 2.56 bits per heavy atom. The number of nitrogens with zero attached hydrogens (tertiary/aromatic N) is 1. The van der Waals surface area contributed by atoms with Crippen LogP contribution in [0.5, 0.6) is 11.5 Å². The Bertz CT molecular complexity index is 911. The number of fused-ring (bicyclic) bond motifs is 1. The fourth-order valence-electron chi connectivity index (χ4n) is 2.37. The largest absolute Gasteiger partial charge is 0.454 e. The van der Waals surface area contributed by atoms with Crippen LogP contribution in [0.15, 0.2) is 42.5 Å². The van der Waals surface area contributed by atoms with Crippen molar-refractivity contribution < 1.29 is 19.1 Å². The summed E-state index contributed by atoms with van der Waals surface area (Å²) < 4.78 is 10.5. The lowest BCUT2D eigenvalue weighted by Gasteiger charge is -2.09. The van der Waals surface area contributed by atoms with E-state index >= 15 is 0 Å². The molecule has 0 radical (unpaired) electrons. The second kappa shape index (κ2) is 8.15. The molecule has 1 heterocycles. The third-order valence-corrected chi connectivity index (χ3v) is 3.74. The van der Waals surface area contributed by atoms with Crippen molar-refractivity contribution in [3.63, 3.8) is 0 Å². The number of rotatable bonds is 3. The minimum atomic E-state index is -0.366. The first-order chi connectivity index (χ1) is 13.0. The van der Waals surface area contributed by atoms with Crippen molar-refractivity contribution in [2.45, 2.75) is 0 Å². The van der Waals surface area contributed by atoms with Gasteiger partial charge in [0.2, 0.25) is 6.79 Å². The van der Waals surface area contributed by atoms with Crippen LogP contribution in [0.4, 0.5) is 10.5 Å². The maximum absolute atomic E-state index is 11.9. The van der Waals surface area contributed by atoms with Crippen LogP contribution in [0.25, 0.3) is 0 Å². The predicted molar refractivity (Wildman–Crippen MR) is 101 cm³/mol. The fraction of sp³-hybridized carbons (Fsp3) is 0.200. The Kier molecular flexibility index (Phi) is 5.47. The zero-order valence-corrected chi connectivity index (χ0v) is 15.0. The summed E-state index contributed by atoms with van der Waals surface area (Å²) in [6.45, 7) is 0.375. The summed E-state index contributed by atoms with van der Waals surface area (Å²) in [7, 11) is 3.41. The molecule has 7 nitrogen and oxygen atoms in total. The Hall–Kier alpha value is -3.66. The highest BCUT2D eigenvalue weighted by molar-refractivity contribution is 5.94. The van der Waals surface area contributed by atoms with Gasteiger partial charge < -0.3 is 25.0 Å². The Morgan fingerprint density at radius 2 is 1.81 bits per heavy atom. The number of hydrogen-bond acceptors (Lipinski definition) is 4. The van der Waals surface area contributed by atoms with Crippen LogP contribution in [0.3, 0.4) is 0 Å². The van der Waals surface area contributed by atoms with Crippen molar-refractivity contribution >= 4 is 17.6 Å². The highest BCUT2D eigenvalue weighted by Crippen LogP contribution is 2.34. The molecule has 0 bridgehead atoms. The van der Waals surface area contributed by atoms with Gasteiger partial charge in [0.15, 0.2) is 11.5 Å². The molecule has 3 amide bonds. The molecule has 0 unspecified atom stereocenters. The first-order valence-electron chi connectivity index (χ1n) is 8.28. The van der Waals surface area contributed by atoms with Crippen LogP contribution in [0, 0.1) is 11.8 Å². The van der Waals surface area contributed by atoms with Gasteiger partial charge in [0.25, 0.3) is 5.91 Å². The molecule has 7 heteroatoms. The van der Waals surface area contributed by atoms with Crippen LogP contribution in [-0.4, -0.2) is 44.3 Å². The zero-order chi connectivity index (χ0) is 19.2. The fourth-order valence-corrected chi connectivity index (χ4v) is 2.37. The molecule has 0 aliphatic carbocycles. The van der Waals surface area contributed by atoms with E-state index < -0.39 is 0 Å². The van der Waals surface area contributed by atoms with E-state index in [0.29, 0.717) is 22.7 Å². The van der Waals surface area contributed by atoms with Crippen LogP contribution in [0.2, 0.25) is 0 Å². The summed E-state index contributed by atoms with van der Waals surface area (Å²) in [5.41, 5.74) is 1.97. The normalized spacial score (nSPS) is 11.2. The average Bonchev–Trinajstić information content (AvgIpc) is 3.13. The molecular formula is C20H19N3O4. The standard InChI is InChI=1S/C20H19N3O4/c1-23(2)19(24)15-7-5-14(6-8-15)4-3-11-21-20(25)22-16-9-10-17-18(12-16)27-13-26-17/h5-10,12H,11,13H2,1-2H3,(H2,21,22,25). The number of nitrogens with one attached hydrogen (secondary N) is 2. The molecule has 2 aromatic carbocycles. The lowest BCUT2D eigenvalue weighted by atomic mass is 10.1. The molecule has 1 aliphatic rings. The molecule has 0 spiro atoms. The van der Waals surface area contributed by atoms with E-state index in [1.165, 1.54) is 4.90 Å². The van der Waals surface area contributed by atoms with Crippen molar-refractivity contribution in [3.8, 4) is 23.3 Å². The lowest BCUT2D eigenvalue weighted by Crippen LogP contribution is -2.28. The number of amides is 3. The van der Waals surface area contributed by atoms with E-state index in [9.17, 15) is 9.59 Å². The van der Waals surface area contributed by atoms with E-state index in [-0.39, 0.29) is 25.3 Å². The molecule has 138 valence electrons. The number of carbonyl (C=O) groups is 2. The van der Waals surface area contributed by atoms with Crippen LogP contribution in [0.1, 0.15) is 15.9 Å². The van der Waals surface area contributed by atoms with Crippen LogP contribution < -0.4 is 20.1 Å². The van der Waals surface area contributed by atoms with Gasteiger partial charge in [-0.25, -0.2) is 4.79 Å². The van der Waals surface area contributed by atoms with Gasteiger partial charge in [-0.15, -0.1) is 0 Å². The van der Waals surface area contributed by atoms with Crippen molar-refractivity contribution in [2.75, 3.05) is 32.7 Å². The Morgan fingerprint density at radius 1 is 1.07 bits per heavy atom. The maximum atomic E-state index is 11.9. The van der Waals surface area contributed by atoms with E-state index in [1.54, 1.807) is 56.6 Å². The summed E-state index contributed by atoms with van der Waals surface area (Å²) >= 11 is 0. The molecule has 2 N–H and O–H groups in total. The van der Waals surface area contributed by atoms with Gasteiger partial charge in [-0.3, -0.25) is 4.79 Å². The third kappa shape index (κ3) is 4.70. The number of urea groups is 1. The third-order valence-electron chi connectivity index (χ3n) is 3.74. The Balaban J connectivity index is 1.48. The van der Waals surface area contributed by atoms with E-state index in [1.807, 2.05) is 0 Å². The molecule has 0 fully saturated rings.